The summed E-state index contributed by atoms with van der Waals surface area (Å²) < 4.78 is 0. The lowest BCUT2D eigenvalue weighted by Crippen LogP contribution is -2.36. The number of carbonyl (C=O) groups is 4. The SMILES string of the molecule is CCc1ccc(C(CN)C(=O)Cc2ccc3cnccc3c2)cc1.CCc1ccc(C(CN2C(=O)c3ccccc3C2=O)C(=O)Cc2ccc3cnccc3c2)cc1. The van der Waals surface area contributed by atoms with Gasteiger partial charge in [0.25, 0.3) is 11.8 Å². The van der Waals surface area contributed by atoms with Crippen LogP contribution in [0.5, 0.6) is 0 Å². The summed E-state index contributed by atoms with van der Waals surface area (Å²) in [5.41, 5.74) is 12.8. The van der Waals surface area contributed by atoms with E-state index in [0.717, 1.165) is 56.6 Å². The summed E-state index contributed by atoms with van der Waals surface area (Å²) in [5.74, 6) is -1.42. The Kier molecular flexibility index (Phi) is 12.3. The van der Waals surface area contributed by atoms with Gasteiger partial charge in [0.15, 0.2) is 0 Å². The van der Waals surface area contributed by atoms with Crippen molar-refractivity contribution in [2.75, 3.05) is 13.1 Å². The number of hydrogen-bond acceptors (Lipinski definition) is 7. The Bertz CT molecular complexity index is 2570. The van der Waals surface area contributed by atoms with E-state index in [9.17, 15) is 19.2 Å². The first kappa shape index (κ1) is 39.6. The zero-order chi connectivity index (χ0) is 40.6. The molecule has 0 bridgehead atoms. The van der Waals surface area contributed by atoms with Gasteiger partial charge in [0, 0.05) is 61.5 Å². The number of nitrogens with two attached hydrogens (primary N) is 1. The predicted octanol–water partition coefficient (Wildman–Crippen LogP) is 8.64. The Hall–Kier alpha value is -6.64. The molecule has 2 unspecified atom stereocenters. The first-order valence-corrected chi connectivity index (χ1v) is 19.8. The van der Waals surface area contributed by atoms with E-state index in [2.05, 4.69) is 42.0 Å². The topological polar surface area (TPSA) is 123 Å². The maximum atomic E-state index is 13.6. The lowest BCUT2D eigenvalue weighted by molar-refractivity contribution is -0.120. The van der Waals surface area contributed by atoms with Gasteiger partial charge in [-0.1, -0.05) is 111 Å². The highest BCUT2D eigenvalue weighted by molar-refractivity contribution is 6.21. The first-order chi connectivity index (χ1) is 28.3. The third-order valence-electron chi connectivity index (χ3n) is 11.0. The summed E-state index contributed by atoms with van der Waals surface area (Å²) in [4.78, 5) is 61.8. The summed E-state index contributed by atoms with van der Waals surface area (Å²) in [6, 6.07) is 38.7. The monoisotopic (exact) mass is 766 g/mol. The van der Waals surface area contributed by atoms with Crippen LogP contribution in [0, 0.1) is 0 Å². The van der Waals surface area contributed by atoms with Crippen LogP contribution in [-0.2, 0) is 35.3 Å². The molecule has 0 fully saturated rings. The Morgan fingerprint density at radius 3 is 1.43 bits per heavy atom. The number of Topliss-reactive ketones (excluding diaryl/α,β-unsaturated/α-hetero) is 2. The third-order valence-corrected chi connectivity index (χ3v) is 11.0. The number of imide groups is 1. The molecule has 8 rings (SSSR count). The highest BCUT2D eigenvalue weighted by Crippen LogP contribution is 2.29. The normalized spacial score (nSPS) is 13.2. The van der Waals surface area contributed by atoms with E-state index in [-0.39, 0.29) is 42.3 Å². The van der Waals surface area contributed by atoms with Crippen LogP contribution in [0.25, 0.3) is 21.5 Å². The van der Waals surface area contributed by atoms with E-state index in [1.54, 1.807) is 42.9 Å². The van der Waals surface area contributed by atoms with Gasteiger partial charge in [0.2, 0.25) is 0 Å². The molecule has 2 amide bonds. The van der Waals surface area contributed by atoms with Gasteiger partial charge in [-0.3, -0.25) is 34.0 Å². The molecule has 0 aliphatic carbocycles. The van der Waals surface area contributed by atoms with Gasteiger partial charge in [0.1, 0.15) is 11.6 Å². The smallest absolute Gasteiger partial charge is 0.261 e. The Labute approximate surface area is 338 Å². The van der Waals surface area contributed by atoms with Gasteiger partial charge in [-0.15, -0.1) is 0 Å². The van der Waals surface area contributed by atoms with Crippen LogP contribution in [0.2, 0.25) is 0 Å². The number of pyridine rings is 2. The Morgan fingerprint density at radius 1 is 0.552 bits per heavy atom. The number of fused-ring (bicyclic) bond motifs is 3. The highest BCUT2D eigenvalue weighted by Gasteiger charge is 2.38. The first-order valence-electron chi connectivity index (χ1n) is 19.8. The predicted molar refractivity (Wildman–Crippen MR) is 229 cm³/mol. The van der Waals surface area contributed by atoms with Crippen LogP contribution in [-0.4, -0.2) is 51.3 Å². The molecule has 0 saturated carbocycles. The van der Waals surface area contributed by atoms with Crippen molar-refractivity contribution in [3.63, 3.8) is 0 Å². The zero-order valence-corrected chi connectivity index (χ0v) is 32.8. The Balaban J connectivity index is 0.000000188. The third kappa shape index (κ3) is 8.83. The maximum absolute atomic E-state index is 13.6. The van der Waals surface area contributed by atoms with E-state index >= 15 is 0 Å². The molecule has 58 heavy (non-hydrogen) atoms. The van der Waals surface area contributed by atoms with Crippen molar-refractivity contribution in [1.82, 2.24) is 14.9 Å². The number of carbonyl (C=O) groups excluding carboxylic acids is 4. The van der Waals surface area contributed by atoms with Crippen LogP contribution in [0.1, 0.15) is 79.8 Å². The largest absolute Gasteiger partial charge is 0.329 e. The molecule has 0 radical (unpaired) electrons. The van der Waals surface area contributed by atoms with E-state index in [1.807, 2.05) is 85.1 Å². The highest BCUT2D eigenvalue weighted by atomic mass is 16.2. The minimum Gasteiger partial charge on any atom is -0.329 e. The van der Waals surface area contributed by atoms with E-state index in [0.29, 0.717) is 24.1 Å². The summed E-state index contributed by atoms with van der Waals surface area (Å²) in [7, 11) is 0. The molecule has 1 aliphatic heterocycles. The number of ketones is 2. The second-order valence-corrected chi connectivity index (χ2v) is 14.7. The molecular formula is C50H46N4O4. The van der Waals surface area contributed by atoms with E-state index < -0.39 is 5.92 Å². The maximum Gasteiger partial charge on any atom is 0.261 e. The van der Waals surface area contributed by atoms with Crippen molar-refractivity contribution in [1.29, 1.82) is 0 Å². The minimum absolute atomic E-state index is 0.0220. The number of aryl methyl sites for hydroxylation is 2. The number of hydrogen-bond donors (Lipinski definition) is 1. The molecule has 0 saturated heterocycles. The van der Waals surface area contributed by atoms with Crippen molar-refractivity contribution < 1.29 is 19.2 Å². The Morgan fingerprint density at radius 2 is 0.983 bits per heavy atom. The number of amides is 2. The van der Waals surface area contributed by atoms with Crippen molar-refractivity contribution in [3.8, 4) is 0 Å². The van der Waals surface area contributed by atoms with Gasteiger partial charge < -0.3 is 5.73 Å². The fraction of sp³-hybridized carbons (Fsp3) is 0.200. The van der Waals surface area contributed by atoms with Crippen molar-refractivity contribution in [3.05, 3.63) is 191 Å². The standard InChI is InChI=1S/C29H24N2O3.C21H22N2O/c1-2-19-7-10-21(11-8-19)26(18-31-28(33)24-5-3-4-6-25(24)29(31)34)27(32)16-20-9-12-23-17-30-14-13-22(23)15-20;1-2-15-3-6-17(7-4-15)20(13-22)21(24)12-16-5-8-19-14-23-10-9-18(19)11-16/h3-15,17,26H,2,16,18H2,1H3;3-11,14,20H,2,12-13,22H2,1H3. The molecule has 0 spiro atoms. The summed E-state index contributed by atoms with van der Waals surface area (Å²) in [6.45, 7) is 4.55. The molecular weight excluding hydrogens is 721 g/mol. The summed E-state index contributed by atoms with van der Waals surface area (Å²) >= 11 is 0. The average Bonchev–Trinajstić information content (AvgIpc) is 3.50. The zero-order valence-electron chi connectivity index (χ0n) is 32.8. The van der Waals surface area contributed by atoms with Crippen molar-refractivity contribution in [2.24, 2.45) is 5.73 Å². The lowest BCUT2D eigenvalue weighted by Gasteiger charge is -2.22. The van der Waals surface area contributed by atoms with Crippen molar-refractivity contribution in [2.45, 2.75) is 51.4 Å². The lowest BCUT2D eigenvalue weighted by atomic mass is 9.89. The molecule has 3 heterocycles. The minimum atomic E-state index is -0.610. The fourth-order valence-corrected chi connectivity index (χ4v) is 7.54. The van der Waals surface area contributed by atoms with Crippen LogP contribution in [0.3, 0.4) is 0 Å². The number of benzene rings is 5. The molecule has 7 aromatic rings. The van der Waals surface area contributed by atoms with Crippen LogP contribution >= 0.6 is 0 Å². The number of nitrogens with zero attached hydrogens (tertiary/aromatic N) is 3. The number of aromatic nitrogens is 2. The van der Waals surface area contributed by atoms with Crippen LogP contribution in [0.4, 0.5) is 0 Å². The summed E-state index contributed by atoms with van der Waals surface area (Å²) in [6.07, 6.45) is 9.62. The second-order valence-electron chi connectivity index (χ2n) is 14.7. The molecule has 1 aliphatic rings. The van der Waals surface area contributed by atoms with Gasteiger partial charge in [-0.05, 0) is 81.3 Å². The number of rotatable bonds is 13. The molecule has 5 aromatic carbocycles. The molecule has 8 nitrogen and oxygen atoms in total. The van der Waals surface area contributed by atoms with Crippen molar-refractivity contribution >= 4 is 44.9 Å². The van der Waals surface area contributed by atoms with E-state index in [4.69, 9.17) is 5.73 Å². The molecule has 8 heteroatoms. The fourth-order valence-electron chi connectivity index (χ4n) is 7.54. The van der Waals surface area contributed by atoms with E-state index in [1.165, 1.54) is 16.0 Å². The van der Waals surface area contributed by atoms with Gasteiger partial charge in [-0.25, -0.2) is 0 Å². The quantitative estimate of drug-likeness (QED) is 0.117. The van der Waals surface area contributed by atoms with Gasteiger partial charge in [-0.2, -0.15) is 0 Å². The molecule has 2 aromatic heterocycles. The molecule has 290 valence electrons. The van der Waals surface area contributed by atoms with Gasteiger partial charge >= 0.3 is 0 Å². The molecule has 2 N–H and O–H groups in total. The van der Waals surface area contributed by atoms with Gasteiger partial charge in [0.05, 0.1) is 23.0 Å². The van der Waals surface area contributed by atoms with Crippen LogP contribution in [0.15, 0.2) is 146 Å². The summed E-state index contributed by atoms with van der Waals surface area (Å²) in [5, 5.41) is 4.21. The average molecular weight is 767 g/mol. The molecule has 2 atom stereocenters. The van der Waals surface area contributed by atoms with Crippen LogP contribution < -0.4 is 5.73 Å². The second kappa shape index (κ2) is 18.1.